The average molecular weight is 731 g/mol. The molecule has 1 aliphatic carbocycles. The molecule has 278 valence electrons. The molecule has 0 unspecified atom stereocenters. The minimum atomic E-state index is -2.26. The van der Waals surface area contributed by atoms with Crippen molar-refractivity contribution < 1.29 is 28.1 Å². The minimum absolute atomic E-state index is 0.00501. The van der Waals surface area contributed by atoms with Gasteiger partial charge in [-0.2, -0.15) is 9.97 Å². The Hall–Kier alpha value is -3.85. The normalized spacial score (nSPS) is 16.1. The van der Waals surface area contributed by atoms with Crippen molar-refractivity contribution in [3.8, 4) is 34.5 Å². The molecule has 1 saturated carbocycles. The lowest BCUT2D eigenvalue weighted by molar-refractivity contribution is 0.0512. The van der Waals surface area contributed by atoms with Gasteiger partial charge in [-0.05, 0) is 65.9 Å². The van der Waals surface area contributed by atoms with E-state index in [1.54, 1.807) is 24.4 Å². The Kier molecular flexibility index (Phi) is 11.4. The fourth-order valence-electron chi connectivity index (χ4n) is 8.08. The van der Waals surface area contributed by atoms with Crippen LogP contribution in [0, 0.1) is 28.5 Å². The van der Waals surface area contributed by atoms with Crippen LogP contribution in [0.4, 0.5) is 14.6 Å². The van der Waals surface area contributed by atoms with Gasteiger partial charge in [-0.3, -0.25) is 4.98 Å². The number of methoxy groups -OCH3 is 1. The van der Waals surface area contributed by atoms with E-state index in [0.717, 1.165) is 51.6 Å². The van der Waals surface area contributed by atoms with E-state index < -0.39 is 19.7 Å². The molecule has 11 heteroatoms. The second-order valence-electron chi connectivity index (χ2n) is 15.6. The van der Waals surface area contributed by atoms with E-state index in [1.807, 2.05) is 0 Å². The second-order valence-corrected chi connectivity index (χ2v) is 21.1. The highest BCUT2D eigenvalue weighted by Crippen LogP contribution is 2.46. The van der Waals surface area contributed by atoms with Crippen molar-refractivity contribution in [2.45, 2.75) is 96.7 Å². The van der Waals surface area contributed by atoms with Gasteiger partial charge in [0.25, 0.3) is 0 Å². The summed E-state index contributed by atoms with van der Waals surface area (Å²) in [5.41, 5.74) is 4.99. The first-order chi connectivity index (χ1) is 24.9. The van der Waals surface area contributed by atoms with Crippen LogP contribution in [-0.2, 0) is 4.74 Å². The summed E-state index contributed by atoms with van der Waals surface area (Å²) in [4.78, 5) is 16.3. The van der Waals surface area contributed by atoms with Crippen molar-refractivity contribution in [2.24, 2.45) is 5.41 Å². The summed E-state index contributed by atoms with van der Waals surface area (Å²) in [6.07, 6.45) is 7.53. The van der Waals surface area contributed by atoms with Crippen LogP contribution in [-0.4, -0.2) is 68.3 Å². The minimum Gasteiger partial charge on any atom is -0.468 e. The Morgan fingerprint density at radius 1 is 0.942 bits per heavy atom. The summed E-state index contributed by atoms with van der Waals surface area (Å²) in [5.74, 6) is 3.17. The maximum atomic E-state index is 17.3. The maximum Gasteiger partial charge on any atom is 0.319 e. The molecular formula is C41H52F2N4O4Si. The molecule has 4 aromatic rings. The molecular weight excluding hydrogens is 679 g/mol. The van der Waals surface area contributed by atoms with E-state index in [-0.39, 0.29) is 48.2 Å². The first-order valence-electron chi connectivity index (χ1n) is 18.7. The van der Waals surface area contributed by atoms with Crippen LogP contribution in [0.25, 0.3) is 32.9 Å². The molecule has 0 amide bonds. The monoisotopic (exact) mass is 730 g/mol. The van der Waals surface area contributed by atoms with Gasteiger partial charge in [0.2, 0.25) is 0 Å². The van der Waals surface area contributed by atoms with Crippen molar-refractivity contribution >= 4 is 35.6 Å². The van der Waals surface area contributed by atoms with Crippen LogP contribution in [0.2, 0.25) is 16.6 Å². The van der Waals surface area contributed by atoms with Gasteiger partial charge in [-0.15, -0.1) is 5.54 Å². The molecule has 1 aliphatic heterocycles. The van der Waals surface area contributed by atoms with Crippen molar-refractivity contribution in [1.29, 1.82) is 0 Å². The highest BCUT2D eigenvalue weighted by atomic mass is 28.3. The van der Waals surface area contributed by atoms with Gasteiger partial charge >= 0.3 is 6.01 Å². The van der Waals surface area contributed by atoms with E-state index in [4.69, 9.17) is 24.2 Å². The van der Waals surface area contributed by atoms with Crippen LogP contribution in [0.1, 0.15) is 85.6 Å². The first kappa shape index (κ1) is 37.9. The summed E-state index contributed by atoms with van der Waals surface area (Å²) >= 11 is 0. The van der Waals surface area contributed by atoms with Crippen molar-refractivity contribution in [3.63, 3.8) is 0 Å². The number of hydrogen-bond donors (Lipinski definition) is 1. The van der Waals surface area contributed by atoms with Gasteiger partial charge in [0.1, 0.15) is 36.7 Å². The van der Waals surface area contributed by atoms with Gasteiger partial charge in [0, 0.05) is 42.8 Å². The molecule has 2 aliphatic rings. The number of aliphatic hydroxyl groups excluding tert-OH is 1. The number of fused-ring (bicyclic) bond motifs is 2. The Morgan fingerprint density at radius 2 is 1.63 bits per heavy atom. The van der Waals surface area contributed by atoms with Gasteiger partial charge < -0.3 is 24.2 Å². The maximum absolute atomic E-state index is 17.3. The third-order valence-corrected chi connectivity index (χ3v) is 17.5. The molecule has 0 spiro atoms. The standard InChI is InChI=1S/C41H52F2N4O4Si/c1-26(2)52(27(3)4,28(5)6)19-14-31-34(42)13-12-29-20-30(51-25-49-7)21-32(35(29)31)37-36(43)38-33(22-44-37)39(47-17-10-8-9-11-18-47)46-40(45-38)50-24-41(23-48)15-16-41/h12-13,20-22,26-28,48H,8-11,15-18,23-25H2,1-7H3. The molecule has 2 aromatic heterocycles. The van der Waals surface area contributed by atoms with E-state index in [1.165, 1.54) is 13.2 Å². The van der Waals surface area contributed by atoms with Crippen molar-refractivity contribution in [3.05, 3.63) is 47.7 Å². The Labute approximate surface area is 307 Å². The zero-order valence-electron chi connectivity index (χ0n) is 31.6. The zero-order chi connectivity index (χ0) is 37.2. The predicted molar refractivity (Wildman–Crippen MR) is 206 cm³/mol. The van der Waals surface area contributed by atoms with Gasteiger partial charge in [0.15, 0.2) is 12.6 Å². The lowest BCUT2D eigenvalue weighted by Gasteiger charge is -2.38. The molecule has 0 radical (unpaired) electrons. The number of aromatic nitrogens is 3. The largest absolute Gasteiger partial charge is 0.468 e. The molecule has 1 saturated heterocycles. The molecule has 2 fully saturated rings. The average Bonchev–Trinajstić information content (AvgIpc) is 3.95. The number of benzene rings is 2. The molecule has 52 heavy (non-hydrogen) atoms. The highest BCUT2D eigenvalue weighted by molar-refractivity contribution is 6.90. The molecule has 6 rings (SSSR count). The summed E-state index contributed by atoms with van der Waals surface area (Å²) in [6, 6.07) is 6.59. The molecule has 2 aromatic carbocycles. The third-order valence-electron chi connectivity index (χ3n) is 11.3. The smallest absolute Gasteiger partial charge is 0.319 e. The molecule has 0 bridgehead atoms. The van der Waals surface area contributed by atoms with Crippen LogP contribution < -0.4 is 14.4 Å². The molecule has 8 nitrogen and oxygen atoms in total. The number of nitrogens with zero attached hydrogens (tertiary/aromatic N) is 4. The zero-order valence-corrected chi connectivity index (χ0v) is 32.6. The first-order valence-corrected chi connectivity index (χ1v) is 20.9. The molecule has 1 N–H and O–H groups in total. The van der Waals surface area contributed by atoms with E-state index in [9.17, 15) is 5.11 Å². The summed E-state index contributed by atoms with van der Waals surface area (Å²) in [5, 5.41) is 11.5. The number of halogens is 2. The number of rotatable bonds is 12. The Balaban J connectivity index is 1.59. The Bertz CT molecular complexity index is 1960. The number of aliphatic hydroxyl groups is 1. The lowest BCUT2D eigenvalue weighted by atomic mass is 9.95. The van der Waals surface area contributed by atoms with E-state index in [0.29, 0.717) is 49.9 Å². The van der Waals surface area contributed by atoms with Gasteiger partial charge in [-0.1, -0.05) is 66.4 Å². The fourth-order valence-corrected chi connectivity index (χ4v) is 13.3. The lowest BCUT2D eigenvalue weighted by Crippen LogP contribution is -2.43. The van der Waals surface area contributed by atoms with E-state index in [2.05, 4.69) is 62.9 Å². The quantitative estimate of drug-likeness (QED) is 0.0877. The predicted octanol–water partition coefficient (Wildman–Crippen LogP) is 9.21. The summed E-state index contributed by atoms with van der Waals surface area (Å²) < 4.78 is 50.5. The van der Waals surface area contributed by atoms with Gasteiger partial charge in [0.05, 0.1) is 24.2 Å². The number of hydrogen-bond acceptors (Lipinski definition) is 8. The number of pyridine rings is 1. The van der Waals surface area contributed by atoms with Crippen molar-refractivity contribution in [2.75, 3.05) is 45.1 Å². The van der Waals surface area contributed by atoms with Crippen LogP contribution in [0.3, 0.4) is 0 Å². The second kappa shape index (κ2) is 15.6. The van der Waals surface area contributed by atoms with Crippen molar-refractivity contribution in [1.82, 2.24) is 15.0 Å². The summed E-state index contributed by atoms with van der Waals surface area (Å²) in [6.45, 7) is 15.1. The highest BCUT2D eigenvalue weighted by Gasteiger charge is 2.43. The van der Waals surface area contributed by atoms with Crippen LogP contribution in [0.15, 0.2) is 30.5 Å². The topological polar surface area (TPSA) is 89.8 Å². The number of anilines is 1. The third kappa shape index (κ3) is 7.35. The van der Waals surface area contributed by atoms with Crippen LogP contribution in [0.5, 0.6) is 11.8 Å². The number of ether oxygens (including phenoxy) is 3. The fraction of sp³-hybridized carbons (Fsp3) is 0.537. The van der Waals surface area contributed by atoms with Gasteiger partial charge in [-0.25, -0.2) is 8.78 Å². The SMILES string of the molecule is COCOc1cc(-c2ncc3c(N4CCCCCC4)nc(OCC4(CO)CC4)nc3c2F)c2c(C#C[Si](C(C)C)(C(C)C)C(C)C)c(F)ccc2c1. The van der Waals surface area contributed by atoms with E-state index >= 15 is 8.78 Å². The molecule has 3 heterocycles. The molecule has 0 atom stereocenters. The Morgan fingerprint density at radius 3 is 2.25 bits per heavy atom. The summed E-state index contributed by atoms with van der Waals surface area (Å²) in [7, 11) is -0.731. The van der Waals surface area contributed by atoms with Crippen LogP contribution >= 0.6 is 0 Å².